The molecule has 2 aromatic rings. The molecule has 2 aromatic carbocycles. The molecule has 0 unspecified atom stereocenters. The molecule has 1 radical (unpaired) electrons. The standard InChI is InChI=1S/2C5H5.2ClH.V/c2*1-2-4-5-3-1;;;/h2*1-5H;2*1H;/q2*-1;;;+2. The first-order valence-electron chi connectivity index (χ1n) is 3.33. The van der Waals surface area contributed by atoms with E-state index >= 15 is 0 Å². The Hall–Kier alpha value is -0.136. The maximum atomic E-state index is 2.00. The van der Waals surface area contributed by atoms with E-state index in [4.69, 9.17) is 0 Å². The Labute approximate surface area is 104 Å². The summed E-state index contributed by atoms with van der Waals surface area (Å²) in [6.45, 7) is 0. The van der Waals surface area contributed by atoms with Crippen molar-refractivity contribution in [3.05, 3.63) is 60.7 Å². The predicted molar refractivity (Wildman–Crippen MR) is 58.6 cm³/mol. The van der Waals surface area contributed by atoms with Crippen molar-refractivity contribution < 1.29 is 18.6 Å². The van der Waals surface area contributed by atoms with E-state index in [1.807, 2.05) is 60.7 Å². The normalized spacial score (nSPS) is 6.15. The number of halogens is 2. The van der Waals surface area contributed by atoms with Crippen molar-refractivity contribution in [2.45, 2.75) is 0 Å². The van der Waals surface area contributed by atoms with Gasteiger partial charge in [-0.2, -0.15) is 36.4 Å². The molecule has 3 heteroatoms. The third kappa shape index (κ3) is 11.9. The summed E-state index contributed by atoms with van der Waals surface area (Å²) in [6, 6.07) is 20.0. The second-order valence-corrected chi connectivity index (χ2v) is 1.92. The molecule has 0 aliphatic carbocycles. The zero-order valence-electron chi connectivity index (χ0n) is 7.04. The van der Waals surface area contributed by atoms with Crippen molar-refractivity contribution in [2.75, 3.05) is 0 Å². The van der Waals surface area contributed by atoms with E-state index in [0.717, 1.165) is 0 Å². The topological polar surface area (TPSA) is 0 Å². The van der Waals surface area contributed by atoms with E-state index in [1.54, 1.807) is 0 Å². The van der Waals surface area contributed by atoms with Crippen molar-refractivity contribution in [1.29, 1.82) is 0 Å². The Morgan fingerprint density at radius 3 is 0.846 bits per heavy atom. The minimum atomic E-state index is 0. The quantitative estimate of drug-likeness (QED) is 0.629. The Bertz CT molecular complexity index is 152. The van der Waals surface area contributed by atoms with Crippen LogP contribution in [0.15, 0.2) is 60.7 Å². The van der Waals surface area contributed by atoms with Gasteiger partial charge in [0.25, 0.3) is 0 Å². The second-order valence-electron chi connectivity index (χ2n) is 1.92. The fourth-order valence-corrected chi connectivity index (χ4v) is 0.642. The minimum absolute atomic E-state index is 0. The molecule has 0 amide bonds. The van der Waals surface area contributed by atoms with Crippen molar-refractivity contribution >= 4 is 24.8 Å². The molecule has 2 rings (SSSR count). The van der Waals surface area contributed by atoms with Gasteiger partial charge in [0.15, 0.2) is 0 Å². The molecule has 13 heavy (non-hydrogen) atoms. The largest absolute Gasteiger partial charge is 2.00 e. The first kappa shape index (κ1) is 18.6. The van der Waals surface area contributed by atoms with E-state index in [2.05, 4.69) is 0 Å². The van der Waals surface area contributed by atoms with Crippen LogP contribution in [0.3, 0.4) is 0 Å². The fraction of sp³-hybridized carbons (Fsp3) is 0. The summed E-state index contributed by atoms with van der Waals surface area (Å²) in [5.74, 6) is 0. The van der Waals surface area contributed by atoms with Crippen LogP contribution >= 0.6 is 24.8 Å². The van der Waals surface area contributed by atoms with Gasteiger partial charge < -0.3 is 0 Å². The van der Waals surface area contributed by atoms with E-state index in [0.29, 0.717) is 0 Å². The Morgan fingerprint density at radius 2 is 0.769 bits per heavy atom. The van der Waals surface area contributed by atoms with Crippen LogP contribution in [0.4, 0.5) is 0 Å². The molecule has 0 bridgehead atoms. The van der Waals surface area contributed by atoms with Crippen LogP contribution in [0.5, 0.6) is 0 Å². The molecule has 0 aromatic heterocycles. The van der Waals surface area contributed by atoms with Gasteiger partial charge >= 0.3 is 18.6 Å². The second kappa shape index (κ2) is 14.4. The predicted octanol–water partition coefficient (Wildman–Crippen LogP) is 3.65. The van der Waals surface area contributed by atoms with Crippen LogP contribution < -0.4 is 0 Å². The SMILES string of the molecule is Cl.Cl.[V+2].c1cc[cH-]c1.c1cc[cH-]c1. The van der Waals surface area contributed by atoms with Gasteiger partial charge in [-0.05, 0) is 0 Å². The average Bonchev–Trinajstić information content (AvgIpc) is 2.67. The van der Waals surface area contributed by atoms with E-state index in [-0.39, 0.29) is 43.4 Å². The summed E-state index contributed by atoms with van der Waals surface area (Å²) in [4.78, 5) is 0. The molecule has 0 spiro atoms. The first-order valence-corrected chi connectivity index (χ1v) is 3.33. The summed E-state index contributed by atoms with van der Waals surface area (Å²) in [5.41, 5.74) is 0. The van der Waals surface area contributed by atoms with Gasteiger partial charge in [0.1, 0.15) is 0 Å². The molecule has 0 aliphatic heterocycles. The van der Waals surface area contributed by atoms with E-state index in [9.17, 15) is 0 Å². The van der Waals surface area contributed by atoms with Crippen molar-refractivity contribution in [2.24, 2.45) is 0 Å². The van der Waals surface area contributed by atoms with Crippen molar-refractivity contribution in [1.82, 2.24) is 0 Å². The van der Waals surface area contributed by atoms with Gasteiger partial charge in [-0.3, -0.25) is 0 Å². The van der Waals surface area contributed by atoms with Crippen LogP contribution in [0, 0.1) is 0 Å². The molecule has 0 atom stereocenters. The molecule has 0 saturated heterocycles. The summed E-state index contributed by atoms with van der Waals surface area (Å²) in [6.07, 6.45) is 0. The summed E-state index contributed by atoms with van der Waals surface area (Å²) >= 11 is 0. The van der Waals surface area contributed by atoms with Crippen LogP contribution in [0.25, 0.3) is 0 Å². The van der Waals surface area contributed by atoms with Crippen LogP contribution in [-0.2, 0) is 18.6 Å². The van der Waals surface area contributed by atoms with E-state index < -0.39 is 0 Å². The molecular formula is C10H12Cl2V. The van der Waals surface area contributed by atoms with Crippen LogP contribution in [0.1, 0.15) is 0 Å². The van der Waals surface area contributed by atoms with Gasteiger partial charge in [-0.25, -0.2) is 24.3 Å². The van der Waals surface area contributed by atoms with Gasteiger partial charge in [0, 0.05) is 0 Å². The molecule has 0 heterocycles. The smallest absolute Gasteiger partial charge is 0.214 e. The number of hydrogen-bond donors (Lipinski definition) is 0. The number of rotatable bonds is 0. The van der Waals surface area contributed by atoms with Crippen LogP contribution in [0.2, 0.25) is 0 Å². The van der Waals surface area contributed by atoms with Gasteiger partial charge in [0.2, 0.25) is 0 Å². The molecular weight excluding hydrogens is 242 g/mol. The van der Waals surface area contributed by atoms with Gasteiger partial charge in [-0.15, -0.1) is 24.8 Å². The molecule has 0 nitrogen and oxygen atoms in total. The van der Waals surface area contributed by atoms with Gasteiger partial charge in [-0.1, -0.05) is 0 Å². The van der Waals surface area contributed by atoms with Crippen molar-refractivity contribution in [3.8, 4) is 0 Å². The maximum Gasteiger partial charge on any atom is 2.00 e. The zero-order chi connectivity index (χ0) is 7.07. The summed E-state index contributed by atoms with van der Waals surface area (Å²) in [5, 5.41) is 0. The molecule has 0 N–H and O–H groups in total. The summed E-state index contributed by atoms with van der Waals surface area (Å²) < 4.78 is 0. The Kier molecular flexibility index (Phi) is 20.6. The molecule has 0 aliphatic rings. The van der Waals surface area contributed by atoms with E-state index in [1.165, 1.54) is 0 Å². The molecule has 0 saturated carbocycles. The monoisotopic (exact) mass is 253 g/mol. The molecule has 71 valence electrons. The number of hydrogen-bond acceptors (Lipinski definition) is 0. The third-order valence-electron chi connectivity index (χ3n) is 1.11. The molecule has 0 fully saturated rings. The first-order chi connectivity index (χ1) is 5.00. The minimum Gasteiger partial charge on any atom is -0.214 e. The zero-order valence-corrected chi connectivity index (χ0v) is 10.1. The maximum absolute atomic E-state index is 2.00. The van der Waals surface area contributed by atoms with Gasteiger partial charge in [0.05, 0.1) is 0 Å². The Morgan fingerprint density at radius 1 is 0.538 bits per heavy atom. The summed E-state index contributed by atoms with van der Waals surface area (Å²) in [7, 11) is 0. The third-order valence-corrected chi connectivity index (χ3v) is 1.11. The van der Waals surface area contributed by atoms with Crippen molar-refractivity contribution in [3.63, 3.8) is 0 Å². The average molecular weight is 254 g/mol. The Balaban J connectivity index is -0.000000125. The van der Waals surface area contributed by atoms with Crippen LogP contribution in [-0.4, -0.2) is 0 Å². The fourth-order valence-electron chi connectivity index (χ4n) is 0.642.